The third kappa shape index (κ3) is 7.62. The summed E-state index contributed by atoms with van der Waals surface area (Å²) in [6, 6.07) is 0. The molecule has 0 aromatic heterocycles. The summed E-state index contributed by atoms with van der Waals surface area (Å²) < 4.78 is 0. The van der Waals surface area contributed by atoms with Crippen LogP contribution >= 0.6 is 0 Å². The van der Waals surface area contributed by atoms with Crippen molar-refractivity contribution in [3.05, 3.63) is 0 Å². The van der Waals surface area contributed by atoms with E-state index in [1.165, 1.54) is 0 Å². The van der Waals surface area contributed by atoms with Gasteiger partial charge in [-0.1, -0.05) is 0 Å². The number of carboxylic acids is 2. The highest BCUT2D eigenvalue weighted by atomic mass is 16.4. The molecule has 2 N–H and O–H groups in total. The molecule has 0 aliphatic carbocycles. The van der Waals surface area contributed by atoms with E-state index in [1.807, 2.05) is 23.7 Å². The first-order valence-electron chi connectivity index (χ1n) is 2.61. The lowest BCUT2D eigenvalue weighted by Gasteiger charge is -1.65. The third-order valence-corrected chi connectivity index (χ3v) is 0.526. The van der Waals surface area contributed by atoms with Crippen LogP contribution in [-0.2, 0) is 9.59 Å². The normalized spacial score (nSPS) is 5.67. The van der Waals surface area contributed by atoms with Gasteiger partial charge in [-0.3, -0.25) is 0 Å². The summed E-state index contributed by atoms with van der Waals surface area (Å²) in [5.74, 6) is 8.82. The summed E-state index contributed by atoms with van der Waals surface area (Å²) in [6.45, 7) is 0. The number of hydrogen-bond acceptors (Lipinski definition) is 2. The number of hydrogen-bond donors (Lipinski definition) is 2. The maximum atomic E-state index is 9.77. The summed E-state index contributed by atoms with van der Waals surface area (Å²) in [4.78, 5) is 19.5. The summed E-state index contributed by atoms with van der Waals surface area (Å²) in [7, 11) is 0. The largest absolute Gasteiger partial charge is 0.472 e. The molecule has 0 fully saturated rings. The Morgan fingerprint density at radius 3 is 1.33 bits per heavy atom. The van der Waals surface area contributed by atoms with E-state index in [1.54, 1.807) is 11.8 Å². The van der Waals surface area contributed by atoms with Crippen molar-refractivity contribution in [2.45, 2.75) is 0 Å². The van der Waals surface area contributed by atoms with Crippen LogP contribution in [0, 0.1) is 35.5 Å². The molecule has 0 bridgehead atoms. The van der Waals surface area contributed by atoms with E-state index >= 15 is 0 Å². The van der Waals surface area contributed by atoms with Gasteiger partial charge in [-0.15, -0.1) is 0 Å². The molecule has 0 aliphatic heterocycles. The minimum Gasteiger partial charge on any atom is -0.472 e. The van der Waals surface area contributed by atoms with Gasteiger partial charge in [-0.25, -0.2) is 9.59 Å². The van der Waals surface area contributed by atoms with Crippen LogP contribution in [0.4, 0.5) is 0 Å². The van der Waals surface area contributed by atoms with Crippen molar-refractivity contribution in [2.75, 3.05) is 0 Å². The molecule has 0 spiro atoms. The van der Waals surface area contributed by atoms with E-state index in [4.69, 9.17) is 10.2 Å². The Balaban J connectivity index is 4.14. The summed E-state index contributed by atoms with van der Waals surface area (Å²) in [5.41, 5.74) is 0. The summed E-state index contributed by atoms with van der Waals surface area (Å²) in [6.07, 6.45) is 0. The van der Waals surface area contributed by atoms with Crippen molar-refractivity contribution in [2.24, 2.45) is 0 Å². The fourth-order valence-corrected chi connectivity index (χ4v) is 0.232. The van der Waals surface area contributed by atoms with Crippen LogP contribution in [-0.4, -0.2) is 22.2 Å². The lowest BCUT2D eigenvalue weighted by Crippen LogP contribution is -1.86. The van der Waals surface area contributed by atoms with Gasteiger partial charge < -0.3 is 10.2 Å². The first-order chi connectivity index (χ1) is 5.63. The first kappa shape index (κ1) is 9.62. The van der Waals surface area contributed by atoms with Crippen LogP contribution < -0.4 is 0 Å². The predicted octanol–water partition coefficient (Wildman–Crippen LogP) is -0.834. The first-order valence-corrected chi connectivity index (χ1v) is 2.61. The molecule has 0 radical (unpaired) electrons. The van der Waals surface area contributed by atoms with Crippen LogP contribution in [0.15, 0.2) is 0 Å². The second kappa shape index (κ2) is 5.41. The van der Waals surface area contributed by atoms with Gasteiger partial charge in [0.1, 0.15) is 0 Å². The minimum absolute atomic E-state index is 1.30. The number of carboxylic acid groups (broad SMARTS) is 2. The average molecular weight is 162 g/mol. The summed E-state index contributed by atoms with van der Waals surface area (Å²) >= 11 is 0. The topological polar surface area (TPSA) is 74.6 Å². The van der Waals surface area contributed by atoms with E-state index in [0.29, 0.717) is 0 Å². The molecule has 4 heteroatoms. The maximum absolute atomic E-state index is 9.77. The molecular formula is C8H2O4. The van der Waals surface area contributed by atoms with E-state index < -0.39 is 11.9 Å². The smallest absolute Gasteiger partial charge is 0.382 e. The van der Waals surface area contributed by atoms with Crippen molar-refractivity contribution in [3.8, 4) is 35.5 Å². The number of aliphatic carboxylic acids is 2. The second-order valence-electron chi connectivity index (χ2n) is 1.36. The van der Waals surface area contributed by atoms with Crippen molar-refractivity contribution < 1.29 is 19.8 Å². The molecule has 4 nitrogen and oxygen atoms in total. The van der Waals surface area contributed by atoms with Gasteiger partial charge in [0.25, 0.3) is 0 Å². The number of carbonyl (C=O) groups is 2. The maximum Gasteiger partial charge on any atom is 0.382 e. The van der Waals surface area contributed by atoms with Crippen molar-refractivity contribution in [1.82, 2.24) is 0 Å². The van der Waals surface area contributed by atoms with Crippen molar-refractivity contribution >= 4 is 11.9 Å². The number of rotatable bonds is 0. The molecule has 0 aliphatic rings. The molecular weight excluding hydrogens is 160 g/mol. The highest BCUT2D eigenvalue weighted by molar-refractivity contribution is 5.88. The van der Waals surface area contributed by atoms with E-state index in [0.717, 1.165) is 0 Å². The molecule has 0 aromatic rings. The lowest BCUT2D eigenvalue weighted by molar-refractivity contribution is -0.131. The van der Waals surface area contributed by atoms with Crippen LogP contribution in [0.25, 0.3) is 0 Å². The second-order valence-corrected chi connectivity index (χ2v) is 1.36. The van der Waals surface area contributed by atoms with Gasteiger partial charge in [-0.2, -0.15) is 0 Å². The van der Waals surface area contributed by atoms with Gasteiger partial charge in [0.15, 0.2) is 0 Å². The van der Waals surface area contributed by atoms with Gasteiger partial charge >= 0.3 is 11.9 Å². The molecule has 0 saturated heterocycles. The molecule has 0 saturated carbocycles. The van der Waals surface area contributed by atoms with Crippen LogP contribution in [0.5, 0.6) is 0 Å². The monoisotopic (exact) mass is 162 g/mol. The van der Waals surface area contributed by atoms with Gasteiger partial charge in [-0.05, 0) is 23.7 Å². The van der Waals surface area contributed by atoms with Crippen molar-refractivity contribution in [1.29, 1.82) is 0 Å². The Bertz CT molecular complexity index is 336. The zero-order chi connectivity index (χ0) is 9.40. The fourth-order valence-electron chi connectivity index (χ4n) is 0.232. The summed E-state index contributed by atoms with van der Waals surface area (Å²) in [5, 5.41) is 16.0. The van der Waals surface area contributed by atoms with Crippen LogP contribution in [0.3, 0.4) is 0 Å². The van der Waals surface area contributed by atoms with Gasteiger partial charge in [0.2, 0.25) is 0 Å². The zero-order valence-corrected chi connectivity index (χ0v) is 5.71. The van der Waals surface area contributed by atoms with Gasteiger partial charge in [0.05, 0.1) is 0 Å². The zero-order valence-electron chi connectivity index (χ0n) is 5.71. The Morgan fingerprint density at radius 2 is 1.08 bits per heavy atom. The highest BCUT2D eigenvalue weighted by Gasteiger charge is 1.79. The SMILES string of the molecule is O=C(O)C#CC#CC#CC(=O)O. The Hall–Kier alpha value is -2.38. The molecule has 0 amide bonds. The molecule has 0 rings (SSSR count). The van der Waals surface area contributed by atoms with Crippen LogP contribution in [0.1, 0.15) is 0 Å². The standard InChI is InChI=1S/C8H2O4/c9-7(10)5-3-1-2-4-6-8(11)12/h(H,9,10)(H,11,12). The average Bonchev–Trinajstić information content (AvgIpc) is 1.95. The Labute approximate surface area is 68.2 Å². The van der Waals surface area contributed by atoms with Crippen molar-refractivity contribution in [3.63, 3.8) is 0 Å². The molecule has 0 unspecified atom stereocenters. The minimum atomic E-state index is -1.30. The van der Waals surface area contributed by atoms with Gasteiger partial charge in [0, 0.05) is 11.8 Å². The molecule has 12 heavy (non-hydrogen) atoms. The quantitative estimate of drug-likeness (QED) is 0.456. The van der Waals surface area contributed by atoms with E-state index in [-0.39, 0.29) is 0 Å². The predicted molar refractivity (Wildman–Crippen MR) is 38.6 cm³/mol. The highest BCUT2D eigenvalue weighted by Crippen LogP contribution is 1.58. The lowest BCUT2D eigenvalue weighted by atomic mass is 10.5. The van der Waals surface area contributed by atoms with E-state index in [2.05, 4.69) is 0 Å². The Morgan fingerprint density at radius 1 is 0.750 bits per heavy atom. The molecule has 0 atom stereocenters. The Kier molecular flexibility index (Phi) is 4.34. The molecule has 0 aromatic carbocycles. The third-order valence-electron chi connectivity index (χ3n) is 0.526. The fraction of sp³-hybridized carbons (Fsp3) is 0. The molecule has 58 valence electrons. The van der Waals surface area contributed by atoms with E-state index in [9.17, 15) is 9.59 Å². The molecule has 0 heterocycles. The van der Waals surface area contributed by atoms with Crippen LogP contribution in [0.2, 0.25) is 0 Å².